The van der Waals surface area contributed by atoms with Crippen molar-refractivity contribution in [1.29, 1.82) is 0 Å². The average molecular weight is 551 g/mol. The van der Waals surface area contributed by atoms with Gasteiger partial charge in [0.1, 0.15) is 11.3 Å². The number of esters is 2. The molecule has 0 saturated carbocycles. The molecule has 0 spiro atoms. The zero-order valence-corrected chi connectivity index (χ0v) is 23.8. The lowest BCUT2D eigenvalue weighted by Gasteiger charge is -2.17. The van der Waals surface area contributed by atoms with Crippen LogP contribution in [-0.2, 0) is 9.47 Å². The summed E-state index contributed by atoms with van der Waals surface area (Å²) in [5.41, 5.74) is 1.08. The summed E-state index contributed by atoms with van der Waals surface area (Å²) in [5, 5.41) is 0. The molecule has 0 heterocycles. The standard InChI is InChI=1S/C33H39FO6/c1-5-7-14-23(3)39-32(35)27-18-11-12-19-29(27)40-33(36)28-21-20-26(24-15-9-8-10-16-24)31(30(28)34)38-22-13-17-25(6-2)37-4/h8-12,15-16,18-21,23,25H,5-7,13-14,17,22H2,1-4H3. The number of carbonyl (C=O) groups excluding carboxylic acids is 2. The van der Waals surface area contributed by atoms with E-state index in [9.17, 15) is 9.59 Å². The molecule has 2 atom stereocenters. The highest BCUT2D eigenvalue weighted by Gasteiger charge is 2.24. The van der Waals surface area contributed by atoms with Crippen LogP contribution in [0.3, 0.4) is 0 Å². The van der Waals surface area contributed by atoms with Gasteiger partial charge in [-0.2, -0.15) is 0 Å². The maximum Gasteiger partial charge on any atom is 0.346 e. The van der Waals surface area contributed by atoms with Crippen LogP contribution in [0.15, 0.2) is 66.7 Å². The summed E-state index contributed by atoms with van der Waals surface area (Å²) < 4.78 is 38.3. The monoisotopic (exact) mass is 550 g/mol. The highest BCUT2D eigenvalue weighted by Crippen LogP contribution is 2.35. The van der Waals surface area contributed by atoms with Gasteiger partial charge in [0.15, 0.2) is 11.6 Å². The predicted molar refractivity (Wildman–Crippen MR) is 153 cm³/mol. The lowest BCUT2D eigenvalue weighted by Crippen LogP contribution is -2.18. The maximum atomic E-state index is 15.9. The van der Waals surface area contributed by atoms with Crippen molar-refractivity contribution in [3.05, 3.63) is 83.7 Å². The van der Waals surface area contributed by atoms with Gasteiger partial charge in [0, 0.05) is 12.7 Å². The van der Waals surface area contributed by atoms with Crippen LogP contribution in [0.4, 0.5) is 4.39 Å². The topological polar surface area (TPSA) is 71.1 Å². The first kappa shape index (κ1) is 30.8. The first-order valence-electron chi connectivity index (χ1n) is 13.9. The Morgan fingerprint density at radius 3 is 2.27 bits per heavy atom. The Balaban J connectivity index is 1.84. The van der Waals surface area contributed by atoms with Crippen molar-refractivity contribution in [3.63, 3.8) is 0 Å². The molecule has 0 aliphatic heterocycles. The van der Waals surface area contributed by atoms with Crippen LogP contribution in [0, 0.1) is 5.82 Å². The summed E-state index contributed by atoms with van der Waals surface area (Å²) >= 11 is 0. The lowest BCUT2D eigenvalue weighted by atomic mass is 10.0. The van der Waals surface area contributed by atoms with Crippen LogP contribution >= 0.6 is 0 Å². The van der Waals surface area contributed by atoms with E-state index in [-0.39, 0.29) is 41.4 Å². The van der Waals surface area contributed by atoms with E-state index < -0.39 is 17.8 Å². The molecular weight excluding hydrogens is 511 g/mol. The van der Waals surface area contributed by atoms with E-state index >= 15 is 4.39 Å². The lowest BCUT2D eigenvalue weighted by molar-refractivity contribution is 0.0316. The van der Waals surface area contributed by atoms with Crippen LogP contribution in [0.5, 0.6) is 11.5 Å². The van der Waals surface area contributed by atoms with Gasteiger partial charge in [-0.1, -0.05) is 69.2 Å². The van der Waals surface area contributed by atoms with Crippen molar-refractivity contribution in [1.82, 2.24) is 0 Å². The van der Waals surface area contributed by atoms with Crippen molar-refractivity contribution in [2.45, 2.75) is 71.5 Å². The molecule has 2 unspecified atom stereocenters. The molecule has 0 amide bonds. The molecule has 0 fully saturated rings. The Kier molecular flexibility index (Phi) is 12.2. The van der Waals surface area contributed by atoms with Gasteiger partial charge in [0.2, 0.25) is 0 Å². The number of para-hydroxylation sites is 1. The highest BCUT2D eigenvalue weighted by atomic mass is 19.1. The fourth-order valence-electron chi connectivity index (χ4n) is 4.35. The van der Waals surface area contributed by atoms with Crippen LogP contribution < -0.4 is 9.47 Å². The fourth-order valence-corrected chi connectivity index (χ4v) is 4.35. The second-order valence-corrected chi connectivity index (χ2v) is 9.67. The van der Waals surface area contributed by atoms with Crippen molar-refractivity contribution >= 4 is 11.9 Å². The third-order valence-corrected chi connectivity index (χ3v) is 6.69. The van der Waals surface area contributed by atoms with Crippen molar-refractivity contribution in [2.75, 3.05) is 13.7 Å². The van der Waals surface area contributed by atoms with E-state index in [2.05, 4.69) is 6.92 Å². The molecule has 3 aromatic rings. The summed E-state index contributed by atoms with van der Waals surface area (Å²) in [5.74, 6) is -2.38. The molecule has 0 aliphatic carbocycles. The van der Waals surface area contributed by atoms with Gasteiger partial charge < -0.3 is 18.9 Å². The van der Waals surface area contributed by atoms with Crippen molar-refractivity contribution < 1.29 is 32.9 Å². The van der Waals surface area contributed by atoms with Crippen LogP contribution in [-0.4, -0.2) is 37.9 Å². The normalized spacial score (nSPS) is 12.4. The Bertz CT molecular complexity index is 1240. The van der Waals surface area contributed by atoms with E-state index in [1.807, 2.05) is 44.2 Å². The number of hydrogen-bond acceptors (Lipinski definition) is 6. The molecule has 7 heteroatoms. The minimum Gasteiger partial charge on any atom is -0.490 e. The van der Waals surface area contributed by atoms with E-state index in [0.717, 1.165) is 37.7 Å². The third-order valence-electron chi connectivity index (χ3n) is 6.69. The van der Waals surface area contributed by atoms with Crippen LogP contribution in [0.25, 0.3) is 11.1 Å². The molecule has 0 radical (unpaired) electrons. The SMILES string of the molecule is CCCCC(C)OC(=O)c1ccccc1OC(=O)c1ccc(-c2ccccc2)c(OCCCC(CC)OC)c1F. The number of halogens is 1. The second kappa shape index (κ2) is 15.8. The zero-order valence-electron chi connectivity index (χ0n) is 23.8. The largest absolute Gasteiger partial charge is 0.490 e. The molecule has 40 heavy (non-hydrogen) atoms. The van der Waals surface area contributed by atoms with Crippen molar-refractivity contribution in [3.8, 4) is 22.6 Å². The fraction of sp³-hybridized carbons (Fsp3) is 0.394. The molecule has 0 aliphatic rings. The Morgan fingerprint density at radius 2 is 1.57 bits per heavy atom. The number of unbranched alkanes of at least 4 members (excludes halogenated alkanes) is 1. The van der Waals surface area contributed by atoms with Gasteiger partial charge in [-0.3, -0.25) is 0 Å². The number of benzene rings is 3. The van der Waals surface area contributed by atoms with E-state index in [1.165, 1.54) is 18.2 Å². The minimum absolute atomic E-state index is 0.000584. The molecule has 0 saturated heterocycles. The summed E-state index contributed by atoms with van der Waals surface area (Å²) in [6, 6.07) is 18.6. The quantitative estimate of drug-likeness (QED) is 0.108. The Hall–Kier alpha value is -3.71. The molecule has 214 valence electrons. The van der Waals surface area contributed by atoms with Gasteiger partial charge in [-0.15, -0.1) is 0 Å². The second-order valence-electron chi connectivity index (χ2n) is 9.67. The first-order chi connectivity index (χ1) is 19.4. The predicted octanol–water partition coefficient (Wildman–Crippen LogP) is 8.03. The highest BCUT2D eigenvalue weighted by molar-refractivity contribution is 5.97. The average Bonchev–Trinajstić information content (AvgIpc) is 2.97. The van der Waals surface area contributed by atoms with E-state index in [0.29, 0.717) is 12.0 Å². The number of rotatable bonds is 15. The van der Waals surface area contributed by atoms with Crippen LogP contribution in [0.2, 0.25) is 0 Å². The molecule has 3 rings (SSSR count). The molecule has 0 bridgehead atoms. The van der Waals surface area contributed by atoms with Gasteiger partial charge in [0.05, 0.1) is 24.4 Å². The Labute approximate surface area is 236 Å². The van der Waals surface area contributed by atoms with E-state index in [4.69, 9.17) is 18.9 Å². The number of methoxy groups -OCH3 is 1. The first-order valence-corrected chi connectivity index (χ1v) is 13.9. The summed E-state index contributed by atoms with van der Waals surface area (Å²) in [7, 11) is 1.67. The van der Waals surface area contributed by atoms with Crippen molar-refractivity contribution in [2.24, 2.45) is 0 Å². The van der Waals surface area contributed by atoms with Crippen LogP contribution in [0.1, 0.15) is 80.0 Å². The minimum atomic E-state index is -0.938. The molecule has 3 aromatic carbocycles. The summed E-state index contributed by atoms with van der Waals surface area (Å²) in [6.07, 6.45) is 4.76. The van der Waals surface area contributed by atoms with Gasteiger partial charge in [-0.25, -0.2) is 14.0 Å². The third kappa shape index (κ3) is 8.39. The molecule has 0 N–H and O–H groups in total. The zero-order chi connectivity index (χ0) is 28.9. The maximum absolute atomic E-state index is 15.9. The summed E-state index contributed by atoms with van der Waals surface area (Å²) in [4.78, 5) is 26.0. The Morgan fingerprint density at radius 1 is 0.850 bits per heavy atom. The summed E-state index contributed by atoms with van der Waals surface area (Å²) in [6.45, 7) is 6.18. The number of carbonyl (C=O) groups is 2. The van der Waals surface area contributed by atoms with Gasteiger partial charge in [0.25, 0.3) is 0 Å². The van der Waals surface area contributed by atoms with Gasteiger partial charge in [-0.05, 0) is 62.4 Å². The van der Waals surface area contributed by atoms with Gasteiger partial charge >= 0.3 is 11.9 Å². The smallest absolute Gasteiger partial charge is 0.346 e. The number of hydrogen-bond donors (Lipinski definition) is 0. The molecular formula is C33H39FO6. The van der Waals surface area contributed by atoms with E-state index in [1.54, 1.807) is 25.3 Å². The molecule has 6 nitrogen and oxygen atoms in total. The number of ether oxygens (including phenoxy) is 4. The molecule has 0 aromatic heterocycles.